The third kappa shape index (κ3) is 5.71. The van der Waals surface area contributed by atoms with Crippen molar-refractivity contribution in [2.24, 2.45) is 0 Å². The number of benzene rings is 2. The quantitative estimate of drug-likeness (QED) is 0.594. The molecule has 0 saturated carbocycles. The van der Waals surface area contributed by atoms with Crippen LogP contribution in [0.5, 0.6) is 5.75 Å². The molecule has 7 heteroatoms. The summed E-state index contributed by atoms with van der Waals surface area (Å²) in [7, 11) is 1.65. The Morgan fingerprint density at radius 3 is 2.26 bits per heavy atom. The summed E-state index contributed by atoms with van der Waals surface area (Å²) in [5.74, 6) is 1.87. The molecule has 0 atom stereocenters. The molecule has 2 amide bonds. The van der Waals surface area contributed by atoms with Crippen LogP contribution in [0.1, 0.15) is 5.56 Å². The largest absolute Gasteiger partial charge is 0.497 e. The van der Waals surface area contributed by atoms with Crippen molar-refractivity contribution in [2.45, 2.75) is 6.42 Å². The number of para-hydroxylation sites is 1. The minimum Gasteiger partial charge on any atom is -0.497 e. The van der Waals surface area contributed by atoms with Crippen LogP contribution < -0.4 is 20.7 Å². The maximum absolute atomic E-state index is 11.9. The standard InChI is InChI=1S/C20H21N5O2/c1-27-17-9-7-15(8-10-17)13-14-21-18-11-12-19(25-24-18)23-20(26)22-16-5-3-2-4-6-16/h2-12H,13-14H2,1H3,(H,21,24)(H2,22,23,25,26). The minimum absolute atomic E-state index is 0.365. The van der Waals surface area contributed by atoms with E-state index in [1.807, 2.05) is 42.5 Å². The van der Waals surface area contributed by atoms with Gasteiger partial charge >= 0.3 is 6.03 Å². The van der Waals surface area contributed by atoms with Gasteiger partial charge in [-0.05, 0) is 48.4 Å². The maximum Gasteiger partial charge on any atom is 0.324 e. The van der Waals surface area contributed by atoms with Crippen LogP contribution in [0.15, 0.2) is 66.7 Å². The second-order valence-corrected chi connectivity index (χ2v) is 5.77. The fourth-order valence-corrected chi connectivity index (χ4v) is 2.42. The number of urea groups is 1. The molecule has 0 aliphatic carbocycles. The molecule has 7 nitrogen and oxygen atoms in total. The van der Waals surface area contributed by atoms with Crippen LogP contribution in [-0.2, 0) is 6.42 Å². The van der Waals surface area contributed by atoms with Crippen molar-refractivity contribution in [1.29, 1.82) is 0 Å². The van der Waals surface area contributed by atoms with Crippen molar-refractivity contribution in [3.63, 3.8) is 0 Å². The lowest BCUT2D eigenvalue weighted by Crippen LogP contribution is -2.20. The second kappa shape index (κ2) is 9.19. The first-order valence-electron chi connectivity index (χ1n) is 8.56. The van der Waals surface area contributed by atoms with Gasteiger partial charge in [0, 0.05) is 12.2 Å². The zero-order chi connectivity index (χ0) is 18.9. The molecule has 1 heterocycles. The number of methoxy groups -OCH3 is 1. The van der Waals surface area contributed by atoms with E-state index in [0.29, 0.717) is 17.3 Å². The average molecular weight is 363 g/mol. The van der Waals surface area contributed by atoms with Crippen molar-refractivity contribution >= 4 is 23.4 Å². The molecule has 0 radical (unpaired) electrons. The van der Waals surface area contributed by atoms with Crippen molar-refractivity contribution in [3.8, 4) is 5.75 Å². The molecule has 0 aliphatic rings. The van der Waals surface area contributed by atoms with Gasteiger partial charge in [-0.1, -0.05) is 30.3 Å². The maximum atomic E-state index is 11.9. The number of amides is 2. The number of rotatable bonds is 7. The van der Waals surface area contributed by atoms with Gasteiger partial charge in [0.25, 0.3) is 0 Å². The molecule has 3 rings (SSSR count). The van der Waals surface area contributed by atoms with E-state index in [0.717, 1.165) is 18.7 Å². The van der Waals surface area contributed by atoms with Crippen molar-refractivity contribution in [1.82, 2.24) is 10.2 Å². The van der Waals surface area contributed by atoms with Crippen molar-refractivity contribution < 1.29 is 9.53 Å². The van der Waals surface area contributed by atoms with Crippen LogP contribution in [0.25, 0.3) is 0 Å². The Labute approximate surface area is 157 Å². The van der Waals surface area contributed by atoms with Crippen LogP contribution in [-0.4, -0.2) is 29.9 Å². The van der Waals surface area contributed by atoms with Gasteiger partial charge in [-0.25, -0.2) is 4.79 Å². The van der Waals surface area contributed by atoms with E-state index in [1.165, 1.54) is 5.56 Å². The average Bonchev–Trinajstić information content (AvgIpc) is 2.70. The molecular weight excluding hydrogens is 342 g/mol. The Balaban J connectivity index is 1.44. The number of nitrogens with zero attached hydrogens (tertiary/aromatic N) is 2. The number of nitrogens with one attached hydrogen (secondary N) is 3. The van der Waals surface area contributed by atoms with E-state index >= 15 is 0 Å². The SMILES string of the molecule is COc1ccc(CCNc2ccc(NC(=O)Nc3ccccc3)nn2)cc1. The number of hydrogen-bond acceptors (Lipinski definition) is 5. The molecule has 0 saturated heterocycles. The monoisotopic (exact) mass is 363 g/mol. The topological polar surface area (TPSA) is 88.2 Å². The van der Waals surface area contributed by atoms with E-state index in [1.54, 1.807) is 31.4 Å². The lowest BCUT2D eigenvalue weighted by Gasteiger charge is -2.08. The lowest BCUT2D eigenvalue weighted by molar-refractivity contribution is 0.262. The molecule has 3 aromatic rings. The summed E-state index contributed by atoms with van der Waals surface area (Å²) < 4.78 is 5.15. The molecule has 27 heavy (non-hydrogen) atoms. The fourth-order valence-electron chi connectivity index (χ4n) is 2.42. The number of aromatic nitrogens is 2. The summed E-state index contributed by atoms with van der Waals surface area (Å²) in [5, 5.41) is 16.7. The number of anilines is 3. The number of carbonyl (C=O) groups is 1. The summed E-state index contributed by atoms with van der Waals surface area (Å²) in [6.45, 7) is 0.724. The first kappa shape index (κ1) is 18.2. The van der Waals surface area contributed by atoms with Gasteiger partial charge < -0.3 is 15.4 Å². The van der Waals surface area contributed by atoms with Crippen molar-refractivity contribution in [3.05, 3.63) is 72.3 Å². The predicted molar refractivity (Wildman–Crippen MR) is 106 cm³/mol. The number of ether oxygens (including phenoxy) is 1. The van der Waals surface area contributed by atoms with Gasteiger partial charge in [-0.2, -0.15) is 0 Å². The van der Waals surface area contributed by atoms with Crippen LogP contribution in [0.3, 0.4) is 0 Å². The molecule has 0 bridgehead atoms. The molecule has 0 spiro atoms. The molecule has 138 valence electrons. The Hall–Kier alpha value is -3.61. The zero-order valence-corrected chi connectivity index (χ0v) is 15.0. The van der Waals surface area contributed by atoms with Crippen LogP contribution in [0.2, 0.25) is 0 Å². The highest BCUT2D eigenvalue weighted by molar-refractivity contribution is 5.99. The highest BCUT2D eigenvalue weighted by Gasteiger charge is 2.04. The minimum atomic E-state index is -0.365. The highest BCUT2D eigenvalue weighted by Crippen LogP contribution is 2.12. The molecular formula is C20H21N5O2. The van der Waals surface area contributed by atoms with Crippen LogP contribution >= 0.6 is 0 Å². The van der Waals surface area contributed by atoms with Gasteiger partial charge in [0.2, 0.25) is 0 Å². The Kier molecular flexibility index (Phi) is 6.19. The number of carbonyl (C=O) groups excluding carboxylic acids is 1. The van der Waals surface area contributed by atoms with E-state index < -0.39 is 0 Å². The van der Waals surface area contributed by atoms with Gasteiger partial charge in [0.05, 0.1) is 7.11 Å². The lowest BCUT2D eigenvalue weighted by atomic mass is 10.1. The van der Waals surface area contributed by atoms with Gasteiger partial charge in [0.15, 0.2) is 5.82 Å². The summed E-state index contributed by atoms with van der Waals surface area (Å²) in [5.41, 5.74) is 1.91. The Bertz CT molecular complexity index is 852. The highest BCUT2D eigenvalue weighted by atomic mass is 16.5. The summed E-state index contributed by atoms with van der Waals surface area (Å²) in [6, 6.07) is 20.3. The van der Waals surface area contributed by atoms with E-state index in [-0.39, 0.29) is 6.03 Å². The molecule has 0 fully saturated rings. The number of hydrogen-bond donors (Lipinski definition) is 3. The van der Waals surface area contributed by atoms with E-state index in [9.17, 15) is 4.79 Å². The third-order valence-corrected chi connectivity index (χ3v) is 3.82. The van der Waals surface area contributed by atoms with Gasteiger partial charge in [-0.15, -0.1) is 10.2 Å². The first-order valence-corrected chi connectivity index (χ1v) is 8.56. The fraction of sp³-hybridized carbons (Fsp3) is 0.150. The molecule has 0 aliphatic heterocycles. The van der Waals surface area contributed by atoms with E-state index in [4.69, 9.17) is 4.74 Å². The van der Waals surface area contributed by atoms with Crippen molar-refractivity contribution in [2.75, 3.05) is 29.6 Å². The molecule has 2 aromatic carbocycles. The van der Waals surface area contributed by atoms with Gasteiger partial charge in [-0.3, -0.25) is 5.32 Å². The third-order valence-electron chi connectivity index (χ3n) is 3.82. The smallest absolute Gasteiger partial charge is 0.324 e. The van der Waals surface area contributed by atoms with Gasteiger partial charge in [0.1, 0.15) is 11.6 Å². The van der Waals surface area contributed by atoms with Crippen LogP contribution in [0, 0.1) is 0 Å². The summed E-state index contributed by atoms with van der Waals surface area (Å²) in [6.07, 6.45) is 0.852. The summed E-state index contributed by atoms with van der Waals surface area (Å²) in [4.78, 5) is 11.9. The molecule has 3 N–H and O–H groups in total. The normalized spacial score (nSPS) is 10.1. The second-order valence-electron chi connectivity index (χ2n) is 5.77. The predicted octanol–water partition coefficient (Wildman–Crippen LogP) is 3.78. The van der Waals surface area contributed by atoms with E-state index in [2.05, 4.69) is 26.1 Å². The zero-order valence-electron chi connectivity index (χ0n) is 15.0. The summed E-state index contributed by atoms with van der Waals surface area (Å²) >= 11 is 0. The molecule has 1 aromatic heterocycles. The Morgan fingerprint density at radius 1 is 0.889 bits per heavy atom. The Morgan fingerprint density at radius 2 is 1.59 bits per heavy atom. The van der Waals surface area contributed by atoms with Crippen LogP contribution in [0.4, 0.5) is 22.1 Å². The molecule has 0 unspecified atom stereocenters. The first-order chi connectivity index (χ1) is 13.2.